The summed E-state index contributed by atoms with van der Waals surface area (Å²) in [6, 6.07) is 34.1. The van der Waals surface area contributed by atoms with E-state index in [-0.39, 0.29) is 0 Å². The van der Waals surface area contributed by atoms with Gasteiger partial charge in [-0.15, -0.1) is 10.2 Å². The van der Waals surface area contributed by atoms with Gasteiger partial charge < -0.3 is 0 Å². The Bertz CT molecular complexity index is 935. The fourth-order valence-electron chi connectivity index (χ4n) is 5.29. The third-order valence-corrected chi connectivity index (χ3v) is 25.8. The molecule has 3 aromatic rings. The first-order valence-corrected chi connectivity index (χ1v) is 24.4. The molecule has 0 heterocycles. The molecule has 0 amide bonds. The molecule has 0 unspecified atom stereocenters. The monoisotopic (exact) mass is 664 g/mol. The number of unbranched alkanes of at least 4 members (excludes halogenated alkanes) is 2. The molecule has 0 aliphatic heterocycles. The van der Waals surface area contributed by atoms with E-state index in [0.29, 0.717) is 0 Å². The third-order valence-electron chi connectivity index (χ3n) is 7.25. The van der Waals surface area contributed by atoms with E-state index < -0.39 is 35.9 Å². The maximum absolute atomic E-state index is 8.49. The van der Waals surface area contributed by atoms with Crippen molar-refractivity contribution in [2.45, 2.75) is 59.3 Å². The molecule has 3 aromatic carbocycles. The van der Waals surface area contributed by atoms with Crippen LogP contribution in [0.1, 0.15) is 46.0 Å². The Hall–Kier alpha value is -1.24. The van der Waals surface area contributed by atoms with Crippen LogP contribution in [0.5, 0.6) is 0 Å². The molecule has 0 aliphatic rings. The maximum Gasteiger partial charge on any atom is -0.112 e. The molecule has 7 heteroatoms. The van der Waals surface area contributed by atoms with E-state index in [1.54, 1.807) is 0 Å². The minimum atomic E-state index is -4.94. The van der Waals surface area contributed by atoms with Crippen LogP contribution in [0.25, 0.3) is 0 Å². The summed E-state index contributed by atoms with van der Waals surface area (Å²) in [7, 11) is -6.65. The molecular weight excluding hydrogens is 621 g/mol. The quantitative estimate of drug-likeness (QED) is 0.195. The zero-order valence-electron chi connectivity index (χ0n) is 22.8. The van der Waals surface area contributed by atoms with Gasteiger partial charge >= 0.3 is 209 Å². The van der Waals surface area contributed by atoms with E-state index in [1.807, 2.05) is 0 Å². The van der Waals surface area contributed by atoms with Crippen molar-refractivity contribution >= 4 is 41.6 Å². The molecule has 0 aliphatic carbocycles. The summed E-state index contributed by atoms with van der Waals surface area (Å²) in [6.45, 7) is 9.12. The normalized spacial score (nSPS) is 11.9. The summed E-state index contributed by atoms with van der Waals surface area (Å²) in [4.78, 5) is 0. The van der Waals surface area contributed by atoms with Gasteiger partial charge in [-0.1, -0.05) is 0 Å². The summed E-state index contributed by atoms with van der Waals surface area (Å²) >= 11 is -2.31. The van der Waals surface area contributed by atoms with E-state index >= 15 is 0 Å². The average Bonchev–Trinajstić information content (AvgIpc) is 2.93. The topological polar surface area (TPSA) is 92.2 Å². The fourth-order valence-corrected chi connectivity index (χ4v) is 22.9. The Labute approximate surface area is 236 Å². The number of rotatable bonds is 14. The molecule has 38 heavy (non-hydrogen) atoms. The molecule has 0 radical (unpaired) electrons. The first-order valence-electron chi connectivity index (χ1n) is 13.5. The van der Waals surface area contributed by atoms with Crippen LogP contribution in [0.2, 0.25) is 13.3 Å². The van der Waals surface area contributed by atoms with Crippen molar-refractivity contribution in [3.8, 4) is 0 Å². The van der Waals surface area contributed by atoms with Gasteiger partial charge in [0, 0.05) is 0 Å². The average molecular weight is 664 g/mol. The summed E-state index contributed by atoms with van der Waals surface area (Å²) in [5.41, 5.74) is 0. The Morgan fingerprint density at radius 2 is 0.947 bits per heavy atom. The molecule has 0 atom stereocenters. The van der Waals surface area contributed by atoms with Gasteiger partial charge in [0.05, 0.1) is 0 Å². The van der Waals surface area contributed by atoms with Gasteiger partial charge in [-0.2, -0.15) is 0 Å². The second kappa shape index (κ2) is 16.8. The molecule has 0 aromatic heterocycles. The first kappa shape index (κ1) is 33.0. The molecule has 0 N–H and O–H groups in total. The van der Waals surface area contributed by atoms with Crippen molar-refractivity contribution in [3.63, 3.8) is 0 Å². The van der Waals surface area contributed by atoms with E-state index in [0.717, 1.165) is 0 Å². The second-order valence-electron chi connectivity index (χ2n) is 9.80. The zero-order valence-corrected chi connectivity index (χ0v) is 27.3. The molecular formula is C31H42ClO4PSn. The Morgan fingerprint density at radius 3 is 1.24 bits per heavy atom. The third kappa shape index (κ3) is 10.4. The van der Waals surface area contributed by atoms with Gasteiger partial charge in [-0.05, 0) is 0 Å². The Kier molecular flexibility index (Phi) is 14.5. The van der Waals surface area contributed by atoms with Crippen LogP contribution in [0, 0.1) is 10.2 Å². The molecule has 0 spiro atoms. The zero-order chi connectivity index (χ0) is 27.9. The largest absolute Gasteiger partial charge is 0.222 e. The van der Waals surface area contributed by atoms with Crippen LogP contribution >= 0.6 is 7.26 Å². The Morgan fingerprint density at radius 1 is 0.632 bits per heavy atom. The minimum absolute atomic E-state index is 1.26. The maximum atomic E-state index is 8.49. The molecule has 206 valence electrons. The van der Waals surface area contributed by atoms with Gasteiger partial charge in [0.25, 0.3) is 0 Å². The molecule has 0 bridgehead atoms. The van der Waals surface area contributed by atoms with E-state index in [1.165, 1.54) is 67.5 Å². The SMILES string of the molecule is C=[CH][Sn]([CH2]CCC)([CH2]CCC)[CH2]CC[P+](c1ccccc1)(c1ccccc1)c1ccccc1.[O-][Cl+3]([O-])([O-])[O-]. The number of hydrogen-bond donors (Lipinski definition) is 0. The first-order chi connectivity index (χ1) is 18.2. The van der Waals surface area contributed by atoms with Crippen LogP contribution in [-0.2, 0) is 0 Å². The van der Waals surface area contributed by atoms with E-state index in [9.17, 15) is 0 Å². The van der Waals surface area contributed by atoms with Gasteiger partial charge in [0.2, 0.25) is 0 Å². The van der Waals surface area contributed by atoms with Crippen LogP contribution in [0.4, 0.5) is 0 Å². The van der Waals surface area contributed by atoms with Gasteiger partial charge in [-0.25, -0.2) is 18.6 Å². The number of benzene rings is 3. The molecule has 0 saturated carbocycles. The summed E-state index contributed by atoms with van der Waals surface area (Å²) in [5.74, 6) is 0. The summed E-state index contributed by atoms with van der Waals surface area (Å²) in [6.07, 6.45) is 7.99. The Balaban J connectivity index is 0.000000926. The predicted octanol–water partition coefficient (Wildman–Crippen LogP) is 3.39. The summed E-state index contributed by atoms with van der Waals surface area (Å²) < 4.78 is 40.9. The fraction of sp³-hybridized carbons (Fsp3) is 0.355. The van der Waals surface area contributed by atoms with E-state index in [2.05, 4.69) is 116 Å². The smallest absolute Gasteiger partial charge is 0.112 e. The molecule has 4 nitrogen and oxygen atoms in total. The van der Waals surface area contributed by atoms with Crippen LogP contribution in [-0.4, -0.2) is 24.5 Å². The van der Waals surface area contributed by atoms with Crippen molar-refractivity contribution in [2.75, 3.05) is 6.16 Å². The van der Waals surface area contributed by atoms with Crippen LogP contribution in [0.3, 0.4) is 0 Å². The second-order valence-corrected chi connectivity index (χ2v) is 27.4. The number of halogens is 1. The van der Waals surface area contributed by atoms with Gasteiger partial charge in [0.15, 0.2) is 0 Å². The van der Waals surface area contributed by atoms with Gasteiger partial charge in [0.1, 0.15) is 0 Å². The summed E-state index contributed by atoms with van der Waals surface area (Å²) in [5, 5.41) is 4.55. The van der Waals surface area contributed by atoms with Crippen molar-refractivity contribution in [2.24, 2.45) is 0 Å². The van der Waals surface area contributed by atoms with Crippen molar-refractivity contribution in [1.82, 2.24) is 0 Å². The standard InChI is InChI=1S/C21H21P.2C4H9.C2H3.ClHO4.Sn/c1-2-18-22(19-12-6-3-7-13-19,20-14-8-4-9-15-20)21-16-10-5-11-17-21;2*1-3-4-2;1-2;2-1(3,4)5;/h3-17H,1-2,18H2;2*1,3-4H2,2H3;1H,2H2;(H,2,3,4,5);/q+1;;;;;/p-1. The van der Waals surface area contributed by atoms with Crippen LogP contribution < -0.4 is 34.5 Å². The van der Waals surface area contributed by atoms with Crippen molar-refractivity contribution in [1.29, 1.82) is 0 Å². The molecule has 3 rings (SSSR count). The minimum Gasteiger partial charge on any atom is -0.222 e. The number of hydrogen-bond acceptors (Lipinski definition) is 4. The predicted molar refractivity (Wildman–Crippen MR) is 155 cm³/mol. The van der Waals surface area contributed by atoms with E-state index in [4.69, 9.17) is 18.6 Å². The molecule has 0 fully saturated rings. The van der Waals surface area contributed by atoms with Crippen LogP contribution in [0.15, 0.2) is 102 Å². The molecule has 0 saturated heterocycles. The van der Waals surface area contributed by atoms with Crippen molar-refractivity contribution in [3.05, 3.63) is 102 Å². The van der Waals surface area contributed by atoms with Gasteiger partial charge in [-0.3, -0.25) is 0 Å². The van der Waals surface area contributed by atoms with Crippen molar-refractivity contribution < 1.29 is 28.9 Å².